The van der Waals surface area contributed by atoms with Crippen LogP contribution in [0.1, 0.15) is 11.1 Å². The maximum absolute atomic E-state index is 11.4. The van der Waals surface area contributed by atoms with Crippen molar-refractivity contribution < 1.29 is 9.15 Å². The van der Waals surface area contributed by atoms with Gasteiger partial charge in [0.15, 0.2) is 0 Å². The monoisotopic (exact) mass is 293 g/mol. The van der Waals surface area contributed by atoms with Crippen LogP contribution in [0.2, 0.25) is 0 Å². The van der Waals surface area contributed by atoms with Gasteiger partial charge in [-0.25, -0.2) is 4.79 Å². The SMILES string of the molecule is COc1cccc(C=Nc2ccc3c(C)cc(=O)oc3c2)c1. The van der Waals surface area contributed by atoms with E-state index in [1.807, 2.05) is 43.3 Å². The molecular weight excluding hydrogens is 278 g/mol. The van der Waals surface area contributed by atoms with Crippen LogP contribution in [-0.2, 0) is 0 Å². The second-order valence-corrected chi connectivity index (χ2v) is 4.96. The zero-order chi connectivity index (χ0) is 15.5. The minimum absolute atomic E-state index is 0.348. The average Bonchev–Trinajstić information content (AvgIpc) is 2.52. The zero-order valence-corrected chi connectivity index (χ0v) is 12.4. The Bertz CT molecular complexity index is 910. The largest absolute Gasteiger partial charge is 0.497 e. The van der Waals surface area contributed by atoms with Gasteiger partial charge in [0.1, 0.15) is 11.3 Å². The summed E-state index contributed by atoms with van der Waals surface area (Å²) in [5.74, 6) is 0.782. The Morgan fingerprint density at radius 3 is 2.82 bits per heavy atom. The Morgan fingerprint density at radius 1 is 1.14 bits per heavy atom. The third-order valence-electron chi connectivity index (χ3n) is 3.39. The third kappa shape index (κ3) is 2.91. The second kappa shape index (κ2) is 5.85. The van der Waals surface area contributed by atoms with Crippen LogP contribution in [0.4, 0.5) is 5.69 Å². The van der Waals surface area contributed by atoms with Crippen molar-refractivity contribution in [2.24, 2.45) is 4.99 Å². The summed E-state index contributed by atoms with van der Waals surface area (Å²) in [4.78, 5) is 15.9. The zero-order valence-electron chi connectivity index (χ0n) is 12.4. The van der Waals surface area contributed by atoms with Crippen molar-refractivity contribution >= 4 is 22.9 Å². The fourth-order valence-corrected chi connectivity index (χ4v) is 2.26. The molecule has 0 bridgehead atoms. The Labute approximate surface area is 127 Å². The van der Waals surface area contributed by atoms with E-state index in [0.29, 0.717) is 5.58 Å². The first-order valence-corrected chi connectivity index (χ1v) is 6.88. The van der Waals surface area contributed by atoms with Gasteiger partial charge in [0.05, 0.1) is 12.8 Å². The lowest BCUT2D eigenvalue weighted by molar-refractivity contribution is 0.415. The minimum Gasteiger partial charge on any atom is -0.497 e. The quantitative estimate of drug-likeness (QED) is 0.544. The van der Waals surface area contributed by atoms with Gasteiger partial charge in [-0.15, -0.1) is 0 Å². The van der Waals surface area contributed by atoms with Crippen molar-refractivity contribution in [3.05, 3.63) is 70.1 Å². The summed E-state index contributed by atoms with van der Waals surface area (Å²) in [6.07, 6.45) is 1.75. The molecule has 0 aliphatic rings. The van der Waals surface area contributed by atoms with Gasteiger partial charge in [-0.1, -0.05) is 12.1 Å². The van der Waals surface area contributed by atoms with E-state index in [0.717, 1.165) is 28.0 Å². The number of aryl methyl sites for hydroxylation is 1. The molecule has 0 N–H and O–H groups in total. The maximum Gasteiger partial charge on any atom is 0.336 e. The number of hydrogen-bond acceptors (Lipinski definition) is 4. The standard InChI is InChI=1S/C18H15NO3/c1-12-8-18(20)22-17-10-14(6-7-16(12)17)19-11-13-4-3-5-15(9-13)21-2/h3-11H,1-2H3. The highest BCUT2D eigenvalue weighted by atomic mass is 16.5. The van der Waals surface area contributed by atoms with Crippen molar-refractivity contribution in [2.75, 3.05) is 7.11 Å². The van der Waals surface area contributed by atoms with Gasteiger partial charge in [0, 0.05) is 23.7 Å². The molecule has 0 atom stereocenters. The summed E-state index contributed by atoms with van der Waals surface area (Å²) in [7, 11) is 1.63. The molecule has 1 aromatic heterocycles. The second-order valence-electron chi connectivity index (χ2n) is 4.96. The summed E-state index contributed by atoms with van der Waals surface area (Å²) in [5.41, 5.74) is 2.76. The predicted molar refractivity (Wildman–Crippen MR) is 87.5 cm³/mol. The number of rotatable bonds is 3. The number of benzene rings is 2. The molecule has 4 nitrogen and oxygen atoms in total. The summed E-state index contributed by atoms with van der Waals surface area (Å²) in [6.45, 7) is 1.89. The number of aliphatic imine (C=N–C) groups is 1. The van der Waals surface area contributed by atoms with Crippen LogP contribution in [0.3, 0.4) is 0 Å². The Balaban J connectivity index is 1.96. The van der Waals surface area contributed by atoms with Gasteiger partial charge < -0.3 is 9.15 Å². The van der Waals surface area contributed by atoms with Crippen LogP contribution < -0.4 is 10.4 Å². The van der Waals surface area contributed by atoms with Crippen LogP contribution >= 0.6 is 0 Å². The molecular formula is C18H15NO3. The van der Waals surface area contributed by atoms with Crippen molar-refractivity contribution in [3.8, 4) is 5.75 Å². The number of methoxy groups -OCH3 is 1. The number of hydrogen-bond donors (Lipinski definition) is 0. The summed E-state index contributed by atoms with van der Waals surface area (Å²) in [6, 6.07) is 14.7. The summed E-state index contributed by atoms with van der Waals surface area (Å²) >= 11 is 0. The molecule has 0 spiro atoms. The lowest BCUT2D eigenvalue weighted by Gasteiger charge is -2.02. The van der Waals surface area contributed by atoms with E-state index in [2.05, 4.69) is 4.99 Å². The molecule has 22 heavy (non-hydrogen) atoms. The lowest BCUT2D eigenvalue weighted by atomic mass is 10.1. The van der Waals surface area contributed by atoms with Crippen LogP contribution in [0.15, 0.2) is 62.7 Å². The smallest absolute Gasteiger partial charge is 0.336 e. The van der Waals surface area contributed by atoms with Gasteiger partial charge in [-0.05, 0) is 42.3 Å². The Kier molecular flexibility index (Phi) is 3.74. The highest BCUT2D eigenvalue weighted by molar-refractivity contribution is 5.86. The predicted octanol–water partition coefficient (Wildman–Crippen LogP) is 3.86. The first kappa shape index (κ1) is 14.1. The van der Waals surface area contributed by atoms with Gasteiger partial charge in [-0.3, -0.25) is 4.99 Å². The van der Waals surface area contributed by atoms with E-state index < -0.39 is 0 Å². The third-order valence-corrected chi connectivity index (χ3v) is 3.39. The van der Waals surface area contributed by atoms with Crippen LogP contribution in [0.5, 0.6) is 5.75 Å². The maximum atomic E-state index is 11.4. The van der Waals surface area contributed by atoms with Gasteiger partial charge in [0.2, 0.25) is 0 Å². The summed E-state index contributed by atoms with van der Waals surface area (Å²) < 4.78 is 10.4. The molecule has 3 aromatic rings. The first-order valence-electron chi connectivity index (χ1n) is 6.88. The minimum atomic E-state index is -0.348. The molecule has 0 radical (unpaired) electrons. The van der Waals surface area contributed by atoms with Gasteiger partial charge in [-0.2, -0.15) is 0 Å². The molecule has 3 rings (SSSR count). The van der Waals surface area contributed by atoms with E-state index in [1.165, 1.54) is 6.07 Å². The normalized spacial score (nSPS) is 11.2. The molecule has 0 saturated carbocycles. The van der Waals surface area contributed by atoms with E-state index in [4.69, 9.17) is 9.15 Å². The van der Waals surface area contributed by atoms with E-state index in [1.54, 1.807) is 19.4 Å². The first-order chi connectivity index (χ1) is 10.7. The molecule has 0 aliphatic carbocycles. The van der Waals surface area contributed by atoms with Crippen molar-refractivity contribution in [1.82, 2.24) is 0 Å². The summed E-state index contributed by atoms with van der Waals surface area (Å²) in [5, 5.41) is 0.917. The van der Waals surface area contributed by atoms with Gasteiger partial charge in [0.25, 0.3) is 0 Å². The van der Waals surface area contributed by atoms with E-state index in [-0.39, 0.29) is 5.63 Å². The fourth-order valence-electron chi connectivity index (χ4n) is 2.26. The van der Waals surface area contributed by atoms with Crippen molar-refractivity contribution in [2.45, 2.75) is 6.92 Å². The lowest BCUT2D eigenvalue weighted by Crippen LogP contribution is -1.97. The van der Waals surface area contributed by atoms with Crippen LogP contribution in [0, 0.1) is 6.92 Å². The molecule has 110 valence electrons. The van der Waals surface area contributed by atoms with Crippen molar-refractivity contribution in [1.29, 1.82) is 0 Å². The fraction of sp³-hybridized carbons (Fsp3) is 0.111. The number of nitrogens with zero attached hydrogens (tertiary/aromatic N) is 1. The highest BCUT2D eigenvalue weighted by Crippen LogP contribution is 2.22. The molecule has 1 heterocycles. The molecule has 0 aliphatic heterocycles. The van der Waals surface area contributed by atoms with E-state index in [9.17, 15) is 4.79 Å². The molecule has 2 aromatic carbocycles. The van der Waals surface area contributed by atoms with Crippen molar-refractivity contribution in [3.63, 3.8) is 0 Å². The Hall–Kier alpha value is -2.88. The van der Waals surface area contributed by atoms with Gasteiger partial charge >= 0.3 is 5.63 Å². The topological polar surface area (TPSA) is 51.8 Å². The molecule has 0 amide bonds. The number of ether oxygens (including phenoxy) is 1. The molecule has 0 fully saturated rings. The highest BCUT2D eigenvalue weighted by Gasteiger charge is 2.02. The molecule has 4 heteroatoms. The van der Waals surface area contributed by atoms with E-state index >= 15 is 0 Å². The average molecular weight is 293 g/mol. The Morgan fingerprint density at radius 2 is 2.00 bits per heavy atom. The van der Waals surface area contributed by atoms with Crippen LogP contribution in [-0.4, -0.2) is 13.3 Å². The van der Waals surface area contributed by atoms with Crippen LogP contribution in [0.25, 0.3) is 11.0 Å². The molecule has 0 saturated heterocycles. The molecule has 0 unspecified atom stereocenters. The number of fused-ring (bicyclic) bond motifs is 1.